The number of aliphatic carboxylic acids is 1. The van der Waals surface area contributed by atoms with Crippen molar-refractivity contribution in [2.24, 2.45) is 0 Å². The largest absolute Gasteiger partial charge is 0.497 e. The summed E-state index contributed by atoms with van der Waals surface area (Å²) in [4.78, 5) is 10.9. The Kier molecular flexibility index (Phi) is 4.79. The lowest BCUT2D eigenvalue weighted by Gasteiger charge is -2.12. The minimum Gasteiger partial charge on any atom is -0.497 e. The van der Waals surface area contributed by atoms with Crippen molar-refractivity contribution in [2.75, 3.05) is 13.7 Å². The average Bonchev–Trinajstić information content (AvgIpc) is 2.29. The van der Waals surface area contributed by atoms with Crippen LogP contribution in [-0.2, 0) is 16.0 Å². The molecule has 1 aromatic rings. The number of benzene rings is 1. The van der Waals surface area contributed by atoms with E-state index in [-0.39, 0.29) is 0 Å². The molecular weight excluding hydrogens is 208 g/mol. The third-order valence-corrected chi connectivity index (χ3v) is 2.22. The Hall–Kier alpha value is -1.55. The van der Waals surface area contributed by atoms with Crippen LogP contribution in [0.1, 0.15) is 12.5 Å². The zero-order chi connectivity index (χ0) is 12.0. The molecule has 0 radical (unpaired) electrons. The Labute approximate surface area is 94.8 Å². The number of hydrogen-bond donors (Lipinski definition) is 1. The summed E-state index contributed by atoms with van der Waals surface area (Å²) in [6.07, 6.45) is -0.411. The van der Waals surface area contributed by atoms with E-state index in [0.29, 0.717) is 13.0 Å². The third-order valence-electron chi connectivity index (χ3n) is 2.22. The van der Waals surface area contributed by atoms with Gasteiger partial charge >= 0.3 is 5.97 Å². The molecular formula is C12H16O4. The van der Waals surface area contributed by atoms with Crippen molar-refractivity contribution in [1.82, 2.24) is 0 Å². The number of methoxy groups -OCH3 is 1. The average molecular weight is 224 g/mol. The predicted octanol–water partition coefficient (Wildman–Crippen LogP) is 1.73. The third kappa shape index (κ3) is 3.55. The molecule has 0 spiro atoms. The number of ether oxygens (including phenoxy) is 2. The van der Waals surface area contributed by atoms with Gasteiger partial charge in [-0.2, -0.15) is 0 Å². The maximum absolute atomic E-state index is 10.9. The predicted molar refractivity (Wildman–Crippen MR) is 59.7 cm³/mol. The molecule has 0 bridgehead atoms. The van der Waals surface area contributed by atoms with Crippen molar-refractivity contribution < 1.29 is 19.4 Å². The summed E-state index contributed by atoms with van der Waals surface area (Å²) in [6.45, 7) is 2.18. The standard InChI is InChI=1S/C12H16O4/c1-3-16-11(12(13)14)8-9-4-6-10(15-2)7-5-9/h4-7,11H,3,8H2,1-2H3,(H,13,14)/t11-/m1/s1. The van der Waals surface area contributed by atoms with Crippen LogP contribution in [0.2, 0.25) is 0 Å². The van der Waals surface area contributed by atoms with Crippen LogP contribution in [0.4, 0.5) is 0 Å². The van der Waals surface area contributed by atoms with Gasteiger partial charge in [-0.25, -0.2) is 4.79 Å². The Morgan fingerprint density at radius 3 is 2.44 bits per heavy atom. The normalized spacial score (nSPS) is 12.1. The van der Waals surface area contributed by atoms with Crippen LogP contribution in [0, 0.1) is 0 Å². The number of carboxylic acids is 1. The fourth-order valence-electron chi connectivity index (χ4n) is 1.39. The van der Waals surface area contributed by atoms with Crippen molar-refractivity contribution in [3.8, 4) is 5.75 Å². The first-order valence-corrected chi connectivity index (χ1v) is 5.14. The second kappa shape index (κ2) is 6.12. The molecule has 0 saturated carbocycles. The Balaban J connectivity index is 2.65. The van der Waals surface area contributed by atoms with Gasteiger partial charge < -0.3 is 14.6 Å². The molecule has 0 fully saturated rings. The monoisotopic (exact) mass is 224 g/mol. The molecule has 0 unspecified atom stereocenters. The molecule has 0 saturated heterocycles. The summed E-state index contributed by atoms with van der Waals surface area (Å²) in [5, 5.41) is 8.92. The molecule has 0 heterocycles. The molecule has 4 heteroatoms. The summed E-state index contributed by atoms with van der Waals surface area (Å²) in [6, 6.07) is 7.29. The van der Waals surface area contributed by atoms with Gasteiger partial charge in [0.05, 0.1) is 7.11 Å². The Bertz CT molecular complexity index is 331. The van der Waals surface area contributed by atoms with Gasteiger partial charge in [-0.05, 0) is 24.6 Å². The second-order valence-electron chi connectivity index (χ2n) is 3.33. The number of carbonyl (C=O) groups is 1. The highest BCUT2D eigenvalue weighted by molar-refractivity contribution is 5.72. The fourth-order valence-corrected chi connectivity index (χ4v) is 1.39. The molecule has 88 valence electrons. The molecule has 1 N–H and O–H groups in total. The zero-order valence-corrected chi connectivity index (χ0v) is 9.47. The first-order chi connectivity index (χ1) is 7.67. The molecule has 0 aliphatic heterocycles. The first-order valence-electron chi connectivity index (χ1n) is 5.14. The zero-order valence-electron chi connectivity index (χ0n) is 9.47. The summed E-state index contributed by atoms with van der Waals surface area (Å²) in [7, 11) is 1.59. The smallest absolute Gasteiger partial charge is 0.333 e. The van der Waals surface area contributed by atoms with Crippen LogP contribution in [0.25, 0.3) is 0 Å². The number of carboxylic acid groups (broad SMARTS) is 1. The van der Waals surface area contributed by atoms with Crippen LogP contribution in [-0.4, -0.2) is 30.9 Å². The van der Waals surface area contributed by atoms with Crippen molar-refractivity contribution in [3.05, 3.63) is 29.8 Å². The van der Waals surface area contributed by atoms with Gasteiger partial charge in [0.2, 0.25) is 0 Å². The van der Waals surface area contributed by atoms with Crippen LogP contribution in [0.3, 0.4) is 0 Å². The minimum absolute atomic E-state index is 0.368. The van der Waals surface area contributed by atoms with Gasteiger partial charge in [0.15, 0.2) is 6.10 Å². The van der Waals surface area contributed by atoms with Crippen LogP contribution < -0.4 is 4.74 Å². The van der Waals surface area contributed by atoms with Gasteiger partial charge in [-0.1, -0.05) is 12.1 Å². The van der Waals surface area contributed by atoms with E-state index in [1.54, 1.807) is 26.2 Å². The fraction of sp³-hybridized carbons (Fsp3) is 0.417. The minimum atomic E-state index is -0.933. The molecule has 0 aliphatic rings. The number of hydrogen-bond acceptors (Lipinski definition) is 3. The summed E-state index contributed by atoms with van der Waals surface area (Å²) < 4.78 is 10.2. The summed E-state index contributed by atoms with van der Waals surface area (Å²) >= 11 is 0. The molecule has 1 aromatic carbocycles. The highest BCUT2D eigenvalue weighted by Gasteiger charge is 2.17. The van der Waals surface area contributed by atoms with Gasteiger partial charge in [-0.3, -0.25) is 0 Å². The summed E-state index contributed by atoms with van der Waals surface area (Å²) in [5.74, 6) is -0.176. The van der Waals surface area contributed by atoms with E-state index in [1.807, 2.05) is 12.1 Å². The summed E-state index contributed by atoms with van der Waals surface area (Å²) in [5.41, 5.74) is 0.918. The highest BCUT2D eigenvalue weighted by atomic mass is 16.5. The van der Waals surface area contributed by atoms with E-state index in [2.05, 4.69) is 0 Å². The van der Waals surface area contributed by atoms with E-state index in [4.69, 9.17) is 14.6 Å². The van der Waals surface area contributed by atoms with Crippen LogP contribution in [0.5, 0.6) is 5.75 Å². The SMILES string of the molecule is CCO[C@H](Cc1ccc(OC)cc1)C(=O)O. The van der Waals surface area contributed by atoms with Crippen molar-refractivity contribution in [2.45, 2.75) is 19.4 Å². The van der Waals surface area contributed by atoms with E-state index in [0.717, 1.165) is 11.3 Å². The van der Waals surface area contributed by atoms with Crippen LogP contribution >= 0.6 is 0 Å². The second-order valence-corrected chi connectivity index (χ2v) is 3.33. The van der Waals surface area contributed by atoms with Gasteiger partial charge in [0.1, 0.15) is 5.75 Å². The van der Waals surface area contributed by atoms with Crippen LogP contribution in [0.15, 0.2) is 24.3 Å². The maximum atomic E-state index is 10.9. The topological polar surface area (TPSA) is 55.8 Å². The molecule has 16 heavy (non-hydrogen) atoms. The van der Waals surface area contributed by atoms with Crippen molar-refractivity contribution >= 4 is 5.97 Å². The molecule has 1 atom stereocenters. The molecule has 0 aromatic heterocycles. The van der Waals surface area contributed by atoms with Gasteiger partial charge in [-0.15, -0.1) is 0 Å². The molecule has 0 amide bonds. The van der Waals surface area contributed by atoms with E-state index in [1.165, 1.54) is 0 Å². The molecule has 1 rings (SSSR count). The quantitative estimate of drug-likeness (QED) is 0.799. The molecule has 4 nitrogen and oxygen atoms in total. The van der Waals surface area contributed by atoms with E-state index < -0.39 is 12.1 Å². The first kappa shape index (κ1) is 12.5. The lowest BCUT2D eigenvalue weighted by atomic mass is 10.1. The van der Waals surface area contributed by atoms with Gasteiger partial charge in [0, 0.05) is 13.0 Å². The van der Waals surface area contributed by atoms with Gasteiger partial charge in [0.25, 0.3) is 0 Å². The highest BCUT2D eigenvalue weighted by Crippen LogP contribution is 2.13. The van der Waals surface area contributed by atoms with E-state index >= 15 is 0 Å². The van der Waals surface area contributed by atoms with Crippen molar-refractivity contribution in [3.63, 3.8) is 0 Å². The van der Waals surface area contributed by atoms with Crippen molar-refractivity contribution in [1.29, 1.82) is 0 Å². The molecule has 0 aliphatic carbocycles. The number of rotatable bonds is 6. The lowest BCUT2D eigenvalue weighted by Crippen LogP contribution is -2.26. The van der Waals surface area contributed by atoms with E-state index in [9.17, 15) is 4.79 Å². The lowest BCUT2D eigenvalue weighted by molar-refractivity contribution is -0.149. The maximum Gasteiger partial charge on any atom is 0.333 e. The Morgan fingerprint density at radius 1 is 1.38 bits per heavy atom. The Morgan fingerprint density at radius 2 is 2.00 bits per heavy atom.